The summed E-state index contributed by atoms with van der Waals surface area (Å²) in [6, 6.07) is 14.1. The zero-order valence-electron chi connectivity index (χ0n) is 16.4. The number of nitrogens with zero attached hydrogens (tertiary/aromatic N) is 1. The van der Waals surface area contributed by atoms with Gasteiger partial charge in [-0.2, -0.15) is 0 Å². The maximum Gasteiger partial charge on any atom is 0.295 e. The zero-order valence-corrected chi connectivity index (χ0v) is 17.9. The number of hydrogen-bond acceptors (Lipinski definition) is 3. The molecule has 0 radical (unpaired) electrons. The number of Topliss-reactive ketones (excluding diaryl/α,β-unsaturated/α-hetero) is 1. The van der Waals surface area contributed by atoms with E-state index >= 15 is 0 Å². The number of aliphatic hydroxyl groups excluding tert-OH is 1. The summed E-state index contributed by atoms with van der Waals surface area (Å²) >= 11 is 12.0. The highest BCUT2D eigenvalue weighted by Crippen LogP contribution is 2.41. The Labute approximate surface area is 192 Å². The lowest BCUT2D eigenvalue weighted by atomic mass is 9.94. The Bertz CT molecular complexity index is 1260. The van der Waals surface area contributed by atoms with E-state index in [1.165, 1.54) is 60.7 Å². The average molecular weight is 474 g/mol. The first-order chi connectivity index (χ1) is 15.3. The quantitative estimate of drug-likeness (QED) is 0.291. The van der Waals surface area contributed by atoms with Gasteiger partial charge >= 0.3 is 0 Å². The van der Waals surface area contributed by atoms with Gasteiger partial charge < -0.3 is 10.0 Å². The van der Waals surface area contributed by atoms with Crippen molar-refractivity contribution in [1.82, 2.24) is 4.90 Å². The Balaban J connectivity index is 1.88. The van der Waals surface area contributed by atoms with Gasteiger partial charge in [-0.3, -0.25) is 9.59 Å². The standard InChI is InChI=1S/C24H15Cl2F2NO3/c25-17-10-7-14(11-18(17)26)22(30)20-21(16-3-1-2-4-19(16)28)29(24(32)23(20)31)12-13-5-8-15(27)9-6-13/h1-11,21,30H,12H2/b22-20+. The third-order valence-electron chi connectivity index (χ3n) is 5.20. The van der Waals surface area contributed by atoms with Crippen molar-refractivity contribution < 1.29 is 23.5 Å². The summed E-state index contributed by atoms with van der Waals surface area (Å²) < 4.78 is 28.1. The monoisotopic (exact) mass is 473 g/mol. The van der Waals surface area contributed by atoms with Crippen LogP contribution in [0.3, 0.4) is 0 Å². The van der Waals surface area contributed by atoms with Gasteiger partial charge in [0.15, 0.2) is 0 Å². The van der Waals surface area contributed by atoms with E-state index < -0.39 is 35.1 Å². The van der Waals surface area contributed by atoms with Crippen molar-refractivity contribution in [2.45, 2.75) is 12.6 Å². The molecule has 1 saturated heterocycles. The molecule has 3 aromatic rings. The van der Waals surface area contributed by atoms with Crippen molar-refractivity contribution in [2.24, 2.45) is 0 Å². The van der Waals surface area contributed by atoms with Gasteiger partial charge in [0.25, 0.3) is 11.7 Å². The molecule has 1 fully saturated rings. The van der Waals surface area contributed by atoms with Crippen LogP contribution in [0.2, 0.25) is 10.0 Å². The van der Waals surface area contributed by atoms with Gasteiger partial charge in [0.1, 0.15) is 17.4 Å². The lowest BCUT2D eigenvalue weighted by Gasteiger charge is -2.25. The van der Waals surface area contributed by atoms with Crippen LogP contribution < -0.4 is 0 Å². The van der Waals surface area contributed by atoms with Crippen molar-refractivity contribution in [1.29, 1.82) is 0 Å². The van der Waals surface area contributed by atoms with Crippen LogP contribution in [0.25, 0.3) is 5.76 Å². The number of benzene rings is 3. The molecule has 3 aromatic carbocycles. The molecule has 32 heavy (non-hydrogen) atoms. The first-order valence-corrected chi connectivity index (χ1v) is 10.3. The second-order valence-corrected chi connectivity index (χ2v) is 8.02. The molecular formula is C24H15Cl2F2NO3. The first-order valence-electron chi connectivity index (χ1n) is 9.50. The third-order valence-corrected chi connectivity index (χ3v) is 5.94. The number of amides is 1. The molecule has 0 saturated carbocycles. The highest BCUT2D eigenvalue weighted by atomic mass is 35.5. The predicted molar refractivity (Wildman–Crippen MR) is 117 cm³/mol. The highest BCUT2D eigenvalue weighted by Gasteiger charge is 2.47. The van der Waals surface area contributed by atoms with E-state index in [1.807, 2.05) is 0 Å². The van der Waals surface area contributed by atoms with Crippen LogP contribution in [0.5, 0.6) is 0 Å². The Hall–Kier alpha value is -3.22. The number of ketones is 1. The fourth-order valence-corrected chi connectivity index (χ4v) is 3.95. The fraction of sp³-hybridized carbons (Fsp3) is 0.0833. The molecule has 0 aromatic heterocycles. The molecule has 0 aliphatic carbocycles. The Morgan fingerprint density at radius 1 is 0.938 bits per heavy atom. The molecule has 8 heteroatoms. The SMILES string of the molecule is O=C1C(=O)N(Cc2ccc(F)cc2)C(c2ccccc2F)/C1=C(\O)c1ccc(Cl)c(Cl)c1. The number of rotatable bonds is 4. The second-order valence-electron chi connectivity index (χ2n) is 7.20. The minimum Gasteiger partial charge on any atom is -0.507 e. The van der Waals surface area contributed by atoms with E-state index in [9.17, 15) is 23.5 Å². The van der Waals surface area contributed by atoms with Gasteiger partial charge in [0, 0.05) is 17.7 Å². The van der Waals surface area contributed by atoms with Gasteiger partial charge in [0.2, 0.25) is 0 Å². The minimum atomic E-state index is -1.20. The van der Waals surface area contributed by atoms with Gasteiger partial charge in [-0.15, -0.1) is 0 Å². The molecule has 1 aliphatic rings. The molecule has 1 atom stereocenters. The molecule has 0 spiro atoms. The molecule has 1 amide bonds. The Kier molecular flexibility index (Phi) is 6.00. The van der Waals surface area contributed by atoms with E-state index in [0.717, 1.165) is 4.90 Å². The van der Waals surface area contributed by atoms with Crippen molar-refractivity contribution in [3.05, 3.63) is 111 Å². The lowest BCUT2D eigenvalue weighted by molar-refractivity contribution is -0.140. The Morgan fingerprint density at radius 2 is 1.62 bits per heavy atom. The predicted octanol–water partition coefficient (Wildman–Crippen LogP) is 5.89. The summed E-state index contributed by atoms with van der Waals surface area (Å²) in [6.45, 7) is -0.0952. The zero-order chi connectivity index (χ0) is 23.0. The normalized spacial score (nSPS) is 17.8. The number of carbonyl (C=O) groups excluding carboxylic acids is 2. The Morgan fingerprint density at radius 3 is 2.28 bits per heavy atom. The number of aliphatic hydroxyl groups is 1. The topological polar surface area (TPSA) is 57.6 Å². The summed E-state index contributed by atoms with van der Waals surface area (Å²) in [5, 5.41) is 11.4. The molecule has 1 N–H and O–H groups in total. The maximum absolute atomic E-state index is 14.8. The maximum atomic E-state index is 14.8. The van der Waals surface area contributed by atoms with Crippen molar-refractivity contribution in [3.63, 3.8) is 0 Å². The summed E-state index contributed by atoms with van der Waals surface area (Å²) in [7, 11) is 0. The van der Waals surface area contributed by atoms with Crippen LogP contribution in [0.1, 0.15) is 22.7 Å². The minimum absolute atomic E-state index is 0.0374. The first kappa shape index (κ1) is 22.0. The average Bonchev–Trinajstić information content (AvgIpc) is 3.02. The highest BCUT2D eigenvalue weighted by molar-refractivity contribution is 6.46. The van der Waals surface area contributed by atoms with Gasteiger partial charge in [0.05, 0.1) is 21.7 Å². The van der Waals surface area contributed by atoms with Crippen LogP contribution in [-0.4, -0.2) is 21.7 Å². The lowest BCUT2D eigenvalue weighted by Crippen LogP contribution is -2.29. The molecule has 1 aliphatic heterocycles. The van der Waals surface area contributed by atoms with Crippen LogP contribution in [0.4, 0.5) is 8.78 Å². The van der Waals surface area contributed by atoms with E-state index in [2.05, 4.69) is 0 Å². The third kappa shape index (κ3) is 3.99. The number of likely N-dealkylation sites (tertiary alicyclic amines) is 1. The van der Waals surface area contributed by atoms with E-state index in [1.54, 1.807) is 6.07 Å². The van der Waals surface area contributed by atoms with E-state index in [4.69, 9.17) is 23.2 Å². The molecule has 162 valence electrons. The van der Waals surface area contributed by atoms with Crippen LogP contribution >= 0.6 is 23.2 Å². The molecule has 1 unspecified atom stereocenters. The molecule has 4 rings (SSSR count). The van der Waals surface area contributed by atoms with Gasteiger partial charge in [-0.1, -0.05) is 53.5 Å². The van der Waals surface area contributed by atoms with Crippen LogP contribution in [0, 0.1) is 11.6 Å². The summed E-state index contributed by atoms with van der Waals surface area (Å²) in [5.74, 6) is -3.49. The summed E-state index contributed by atoms with van der Waals surface area (Å²) in [4.78, 5) is 27.0. The molecule has 4 nitrogen and oxygen atoms in total. The fourth-order valence-electron chi connectivity index (χ4n) is 3.65. The number of hydrogen-bond donors (Lipinski definition) is 1. The van der Waals surface area contributed by atoms with Crippen molar-refractivity contribution in [2.75, 3.05) is 0 Å². The molecule has 1 heterocycles. The van der Waals surface area contributed by atoms with Crippen molar-refractivity contribution >= 4 is 40.7 Å². The smallest absolute Gasteiger partial charge is 0.295 e. The van der Waals surface area contributed by atoms with E-state index in [-0.39, 0.29) is 33.3 Å². The van der Waals surface area contributed by atoms with Crippen LogP contribution in [-0.2, 0) is 16.1 Å². The summed E-state index contributed by atoms with van der Waals surface area (Å²) in [6.07, 6.45) is 0. The molecule has 0 bridgehead atoms. The number of carbonyl (C=O) groups is 2. The molecular weight excluding hydrogens is 459 g/mol. The van der Waals surface area contributed by atoms with Gasteiger partial charge in [-0.25, -0.2) is 8.78 Å². The number of halogens is 4. The van der Waals surface area contributed by atoms with Gasteiger partial charge in [-0.05, 0) is 42.0 Å². The largest absolute Gasteiger partial charge is 0.507 e. The van der Waals surface area contributed by atoms with E-state index in [0.29, 0.717) is 5.56 Å². The second kappa shape index (κ2) is 8.73. The van der Waals surface area contributed by atoms with Crippen LogP contribution in [0.15, 0.2) is 72.3 Å². The van der Waals surface area contributed by atoms with Crippen molar-refractivity contribution in [3.8, 4) is 0 Å². The summed E-state index contributed by atoms with van der Waals surface area (Å²) in [5.41, 5.74) is 0.445.